The Bertz CT molecular complexity index is 454. The number of nitrogens with one attached hydrogen (secondary N) is 1. The molecule has 5 heteroatoms. The molecule has 0 unspecified atom stereocenters. The van der Waals surface area contributed by atoms with Crippen molar-refractivity contribution in [2.24, 2.45) is 5.41 Å². The number of carbonyl (C=O) groups excluding carboxylic acids is 1. The topological polar surface area (TPSA) is 58.4 Å². The van der Waals surface area contributed by atoms with Crippen molar-refractivity contribution in [3.63, 3.8) is 0 Å². The van der Waals surface area contributed by atoms with Gasteiger partial charge in [-0.25, -0.2) is 4.39 Å². The van der Waals surface area contributed by atoms with Gasteiger partial charge in [0.25, 0.3) is 0 Å². The quantitative estimate of drug-likeness (QED) is 0.823. The third-order valence-corrected chi connectivity index (χ3v) is 2.45. The maximum atomic E-state index is 12.9. The molecule has 1 rings (SSSR count). The highest BCUT2D eigenvalue weighted by Crippen LogP contribution is 2.19. The zero-order valence-electron chi connectivity index (χ0n) is 12.0. The predicted molar refractivity (Wildman–Crippen MR) is 76.4 cm³/mol. The number of carbonyl (C=O) groups is 1. The van der Waals surface area contributed by atoms with E-state index in [2.05, 4.69) is 26.1 Å². The standard InChI is InChI=1S/C14H22FN3O/c1-14(2,3)9-18(4)8-13(19)17-12-6-5-10(15)7-11(12)16/h5-7H,8-9,16H2,1-4H3,(H,17,19). The van der Waals surface area contributed by atoms with Crippen LogP contribution in [0.15, 0.2) is 18.2 Å². The number of halogens is 1. The molecule has 0 heterocycles. The molecule has 0 fully saturated rings. The van der Waals surface area contributed by atoms with Crippen molar-refractivity contribution >= 4 is 17.3 Å². The molecule has 1 aromatic carbocycles. The average Bonchev–Trinajstić information content (AvgIpc) is 2.19. The van der Waals surface area contributed by atoms with Gasteiger partial charge in [-0.05, 0) is 30.7 Å². The van der Waals surface area contributed by atoms with E-state index in [4.69, 9.17) is 5.73 Å². The smallest absolute Gasteiger partial charge is 0.238 e. The molecule has 1 aromatic rings. The van der Waals surface area contributed by atoms with Crippen LogP contribution in [-0.4, -0.2) is 30.9 Å². The van der Waals surface area contributed by atoms with E-state index in [1.807, 2.05) is 11.9 Å². The van der Waals surface area contributed by atoms with Crippen LogP contribution in [0.5, 0.6) is 0 Å². The van der Waals surface area contributed by atoms with Crippen LogP contribution in [0.25, 0.3) is 0 Å². The number of benzene rings is 1. The first-order valence-electron chi connectivity index (χ1n) is 6.21. The van der Waals surface area contributed by atoms with Gasteiger partial charge < -0.3 is 11.1 Å². The molecule has 0 saturated heterocycles. The number of hydrogen-bond acceptors (Lipinski definition) is 3. The predicted octanol–water partition coefficient (Wildman–Crippen LogP) is 2.32. The first-order chi connectivity index (χ1) is 8.67. The molecular weight excluding hydrogens is 245 g/mol. The summed E-state index contributed by atoms with van der Waals surface area (Å²) in [6.45, 7) is 7.41. The van der Waals surface area contributed by atoms with Crippen molar-refractivity contribution in [2.75, 3.05) is 31.2 Å². The highest BCUT2D eigenvalue weighted by Gasteiger charge is 2.16. The Morgan fingerprint density at radius 3 is 2.58 bits per heavy atom. The van der Waals surface area contributed by atoms with E-state index >= 15 is 0 Å². The second-order valence-electron chi connectivity index (χ2n) is 6.01. The fourth-order valence-corrected chi connectivity index (χ4v) is 1.95. The largest absolute Gasteiger partial charge is 0.397 e. The molecule has 0 bridgehead atoms. The van der Waals surface area contributed by atoms with Gasteiger partial charge >= 0.3 is 0 Å². The molecule has 1 amide bonds. The van der Waals surface area contributed by atoms with E-state index in [1.165, 1.54) is 18.2 Å². The monoisotopic (exact) mass is 267 g/mol. The van der Waals surface area contributed by atoms with Crippen LogP contribution in [0.3, 0.4) is 0 Å². The maximum Gasteiger partial charge on any atom is 0.238 e. The molecule has 106 valence electrons. The lowest BCUT2D eigenvalue weighted by atomic mass is 9.96. The summed E-state index contributed by atoms with van der Waals surface area (Å²) >= 11 is 0. The average molecular weight is 267 g/mol. The number of nitrogens with zero attached hydrogens (tertiary/aromatic N) is 1. The molecule has 0 radical (unpaired) electrons. The summed E-state index contributed by atoms with van der Waals surface area (Å²) in [7, 11) is 1.89. The third-order valence-electron chi connectivity index (χ3n) is 2.45. The Morgan fingerprint density at radius 2 is 2.05 bits per heavy atom. The number of anilines is 2. The summed E-state index contributed by atoms with van der Waals surface area (Å²) in [4.78, 5) is 13.8. The van der Waals surface area contributed by atoms with Crippen molar-refractivity contribution in [2.45, 2.75) is 20.8 Å². The fraction of sp³-hybridized carbons (Fsp3) is 0.500. The molecule has 0 spiro atoms. The van der Waals surface area contributed by atoms with Crippen molar-refractivity contribution in [1.82, 2.24) is 4.90 Å². The summed E-state index contributed by atoms with van der Waals surface area (Å²) in [6, 6.07) is 3.92. The minimum absolute atomic E-state index is 0.129. The molecule has 0 atom stereocenters. The lowest BCUT2D eigenvalue weighted by Crippen LogP contribution is -2.35. The van der Waals surface area contributed by atoms with E-state index < -0.39 is 5.82 Å². The summed E-state index contributed by atoms with van der Waals surface area (Å²) in [5.41, 5.74) is 6.43. The molecule has 0 aromatic heterocycles. The zero-order valence-corrected chi connectivity index (χ0v) is 12.0. The Balaban J connectivity index is 2.56. The molecule has 0 aliphatic rings. The summed E-state index contributed by atoms with van der Waals surface area (Å²) in [5, 5.41) is 2.68. The van der Waals surface area contributed by atoms with E-state index in [9.17, 15) is 9.18 Å². The van der Waals surface area contributed by atoms with Crippen LogP contribution in [0.4, 0.5) is 15.8 Å². The van der Waals surface area contributed by atoms with Crippen LogP contribution >= 0.6 is 0 Å². The van der Waals surface area contributed by atoms with Crippen molar-refractivity contribution in [3.8, 4) is 0 Å². The molecule has 0 aliphatic carbocycles. The number of nitrogen functional groups attached to an aromatic ring is 1. The Morgan fingerprint density at radius 1 is 1.42 bits per heavy atom. The number of nitrogens with two attached hydrogens (primary N) is 1. The van der Waals surface area contributed by atoms with Gasteiger partial charge in [-0.15, -0.1) is 0 Å². The van der Waals surface area contributed by atoms with E-state index in [1.54, 1.807) is 0 Å². The SMILES string of the molecule is CN(CC(=O)Nc1ccc(F)cc1N)CC(C)(C)C. The van der Waals surface area contributed by atoms with E-state index in [0.717, 1.165) is 6.54 Å². The number of amides is 1. The Labute approximate surface area is 113 Å². The zero-order chi connectivity index (χ0) is 14.6. The van der Waals surface area contributed by atoms with Crippen LogP contribution in [0, 0.1) is 11.2 Å². The summed E-state index contributed by atoms with van der Waals surface area (Å²) < 4.78 is 12.9. The molecule has 0 aliphatic heterocycles. The van der Waals surface area contributed by atoms with Gasteiger partial charge in [-0.2, -0.15) is 0 Å². The molecular formula is C14H22FN3O. The second-order valence-corrected chi connectivity index (χ2v) is 6.01. The number of hydrogen-bond donors (Lipinski definition) is 2. The first-order valence-corrected chi connectivity index (χ1v) is 6.21. The Kier molecular flexibility index (Phi) is 4.89. The number of rotatable bonds is 4. The van der Waals surface area contributed by atoms with Gasteiger partial charge in [0.15, 0.2) is 0 Å². The van der Waals surface area contributed by atoms with Crippen molar-refractivity contribution in [3.05, 3.63) is 24.0 Å². The third kappa shape index (κ3) is 5.70. The number of likely N-dealkylation sites (N-methyl/N-ethyl adjacent to an activating group) is 1. The second kappa shape index (κ2) is 6.02. The van der Waals surface area contributed by atoms with Gasteiger partial charge in [0.1, 0.15) is 5.82 Å². The minimum Gasteiger partial charge on any atom is -0.397 e. The lowest BCUT2D eigenvalue weighted by molar-refractivity contribution is -0.117. The summed E-state index contributed by atoms with van der Waals surface area (Å²) in [6.07, 6.45) is 0. The van der Waals surface area contributed by atoms with Gasteiger partial charge in [-0.3, -0.25) is 9.69 Å². The molecule has 19 heavy (non-hydrogen) atoms. The van der Waals surface area contributed by atoms with Crippen LogP contribution in [-0.2, 0) is 4.79 Å². The van der Waals surface area contributed by atoms with Crippen molar-refractivity contribution in [1.29, 1.82) is 0 Å². The fourth-order valence-electron chi connectivity index (χ4n) is 1.95. The summed E-state index contributed by atoms with van der Waals surface area (Å²) in [5.74, 6) is -0.578. The van der Waals surface area contributed by atoms with Gasteiger partial charge in [-0.1, -0.05) is 20.8 Å². The van der Waals surface area contributed by atoms with Gasteiger partial charge in [0.2, 0.25) is 5.91 Å². The van der Waals surface area contributed by atoms with Crippen LogP contribution < -0.4 is 11.1 Å². The van der Waals surface area contributed by atoms with Gasteiger partial charge in [0.05, 0.1) is 17.9 Å². The highest BCUT2D eigenvalue weighted by molar-refractivity contribution is 5.95. The van der Waals surface area contributed by atoms with Crippen molar-refractivity contribution < 1.29 is 9.18 Å². The van der Waals surface area contributed by atoms with E-state index in [0.29, 0.717) is 5.69 Å². The highest BCUT2D eigenvalue weighted by atomic mass is 19.1. The lowest BCUT2D eigenvalue weighted by Gasteiger charge is -2.26. The van der Waals surface area contributed by atoms with Crippen LogP contribution in [0.1, 0.15) is 20.8 Å². The van der Waals surface area contributed by atoms with E-state index in [-0.39, 0.29) is 23.6 Å². The molecule has 3 N–H and O–H groups in total. The normalized spacial score (nSPS) is 11.7. The van der Waals surface area contributed by atoms with Crippen LogP contribution in [0.2, 0.25) is 0 Å². The molecule has 0 saturated carbocycles. The Hall–Kier alpha value is -1.62. The maximum absolute atomic E-state index is 12.9. The first kappa shape index (κ1) is 15.4. The molecule has 4 nitrogen and oxygen atoms in total. The van der Waals surface area contributed by atoms with Gasteiger partial charge in [0, 0.05) is 6.54 Å². The minimum atomic E-state index is -0.416.